The second kappa shape index (κ2) is 9.12. The number of unbranched alkanes of at least 4 members (excludes halogenated alkanes) is 4. The van der Waals surface area contributed by atoms with Crippen molar-refractivity contribution in [2.24, 2.45) is 5.92 Å². The van der Waals surface area contributed by atoms with E-state index in [9.17, 15) is 10.2 Å². The Morgan fingerprint density at radius 1 is 1.12 bits per heavy atom. The molecule has 0 aliphatic heterocycles. The van der Waals surface area contributed by atoms with Gasteiger partial charge in [0.1, 0.15) is 11.5 Å². The molecular formula is C23H34O2. The maximum absolute atomic E-state index is 10.6. The van der Waals surface area contributed by atoms with E-state index in [-0.39, 0.29) is 23.3 Å². The molecular weight excluding hydrogens is 308 g/mol. The molecule has 0 fully saturated rings. The fourth-order valence-corrected chi connectivity index (χ4v) is 4.00. The molecule has 2 N–H and O–H groups in total. The molecule has 1 aromatic rings. The first kappa shape index (κ1) is 19.6. The highest BCUT2D eigenvalue weighted by Gasteiger charge is 2.30. The summed E-state index contributed by atoms with van der Waals surface area (Å²) in [4.78, 5) is 0. The number of aromatic hydroxyl groups is 2. The summed E-state index contributed by atoms with van der Waals surface area (Å²) in [6.45, 7) is 10.5. The monoisotopic (exact) mass is 342 g/mol. The van der Waals surface area contributed by atoms with Gasteiger partial charge in [0.2, 0.25) is 0 Å². The van der Waals surface area contributed by atoms with Crippen LogP contribution >= 0.6 is 0 Å². The van der Waals surface area contributed by atoms with Crippen molar-refractivity contribution in [3.05, 3.63) is 47.1 Å². The highest BCUT2D eigenvalue weighted by atomic mass is 16.3. The van der Waals surface area contributed by atoms with Crippen molar-refractivity contribution in [2.45, 2.75) is 78.1 Å². The summed E-state index contributed by atoms with van der Waals surface area (Å²) in [7, 11) is 0. The van der Waals surface area contributed by atoms with Crippen LogP contribution in [0.5, 0.6) is 11.5 Å². The maximum Gasteiger partial charge on any atom is 0.123 e. The van der Waals surface area contributed by atoms with Crippen molar-refractivity contribution in [2.75, 3.05) is 0 Å². The summed E-state index contributed by atoms with van der Waals surface area (Å²) in [5.41, 5.74) is 4.13. The fraction of sp³-hybridized carbons (Fsp3) is 0.565. The number of aryl methyl sites for hydroxylation is 1. The zero-order chi connectivity index (χ0) is 18.4. The number of allylic oxidation sites excluding steroid dienone is 3. The first-order chi connectivity index (χ1) is 11.9. The standard InChI is InChI=1S/C23H34O2/c1-5-6-7-8-9-10-18-14-21(24)23(22(25)15-18)20-13-17(4)11-12-19(20)16(2)3/h13-15,19-20,24-25H,2,5-12H2,1,3-4H3/t19-,20+/m0/s1. The smallest absolute Gasteiger partial charge is 0.123 e. The lowest BCUT2D eigenvalue weighted by atomic mass is 9.73. The lowest BCUT2D eigenvalue weighted by Gasteiger charge is -2.31. The molecule has 2 atom stereocenters. The molecule has 2 heteroatoms. The van der Waals surface area contributed by atoms with E-state index in [1.165, 1.54) is 31.3 Å². The number of phenolic OH excluding ortho intramolecular Hbond substituents is 2. The Morgan fingerprint density at radius 3 is 2.36 bits per heavy atom. The van der Waals surface area contributed by atoms with E-state index in [0.717, 1.165) is 36.8 Å². The van der Waals surface area contributed by atoms with Crippen molar-refractivity contribution >= 4 is 0 Å². The van der Waals surface area contributed by atoms with Gasteiger partial charge in [0, 0.05) is 11.5 Å². The van der Waals surface area contributed by atoms with E-state index in [2.05, 4.69) is 26.5 Å². The summed E-state index contributed by atoms with van der Waals surface area (Å²) in [5, 5.41) is 21.3. The molecule has 2 nitrogen and oxygen atoms in total. The summed E-state index contributed by atoms with van der Waals surface area (Å²) in [6, 6.07) is 3.70. The van der Waals surface area contributed by atoms with Gasteiger partial charge in [-0.2, -0.15) is 0 Å². The molecule has 0 saturated heterocycles. The molecule has 0 radical (unpaired) electrons. The van der Waals surface area contributed by atoms with E-state index >= 15 is 0 Å². The molecule has 0 aromatic heterocycles. The molecule has 0 saturated carbocycles. The second-order valence-corrected chi connectivity index (χ2v) is 7.74. The highest BCUT2D eigenvalue weighted by Crippen LogP contribution is 2.46. The molecule has 0 heterocycles. The molecule has 138 valence electrons. The van der Waals surface area contributed by atoms with Gasteiger partial charge >= 0.3 is 0 Å². The number of hydrogen-bond acceptors (Lipinski definition) is 2. The van der Waals surface area contributed by atoms with Crippen LogP contribution in [0.15, 0.2) is 35.9 Å². The summed E-state index contributed by atoms with van der Waals surface area (Å²) < 4.78 is 0. The molecule has 0 bridgehead atoms. The van der Waals surface area contributed by atoms with Gasteiger partial charge in [-0.15, -0.1) is 0 Å². The van der Waals surface area contributed by atoms with Gasteiger partial charge in [-0.05, 0) is 63.1 Å². The van der Waals surface area contributed by atoms with E-state index in [4.69, 9.17) is 0 Å². The van der Waals surface area contributed by atoms with Crippen LogP contribution in [0.2, 0.25) is 0 Å². The number of rotatable bonds is 8. The Labute approximate surface area is 153 Å². The minimum Gasteiger partial charge on any atom is -0.507 e. The van der Waals surface area contributed by atoms with Crippen LogP contribution in [0.4, 0.5) is 0 Å². The summed E-state index contributed by atoms with van der Waals surface area (Å²) >= 11 is 0. The SMILES string of the molecule is C=C(C)[C@@H]1CCC(C)=C[C@H]1c1c(O)cc(CCCCCCC)cc1O. The van der Waals surface area contributed by atoms with Crippen LogP contribution in [-0.4, -0.2) is 10.2 Å². The average molecular weight is 343 g/mol. The molecule has 1 aromatic carbocycles. The predicted octanol–water partition coefficient (Wildman–Crippen LogP) is 6.63. The largest absolute Gasteiger partial charge is 0.507 e. The number of phenols is 2. The zero-order valence-electron chi connectivity index (χ0n) is 16.1. The Balaban J connectivity index is 2.18. The highest BCUT2D eigenvalue weighted by molar-refractivity contribution is 5.51. The zero-order valence-corrected chi connectivity index (χ0v) is 16.1. The van der Waals surface area contributed by atoms with Crippen molar-refractivity contribution in [3.8, 4) is 11.5 Å². The van der Waals surface area contributed by atoms with Crippen LogP contribution in [-0.2, 0) is 6.42 Å². The van der Waals surface area contributed by atoms with Gasteiger partial charge in [-0.25, -0.2) is 0 Å². The second-order valence-electron chi connectivity index (χ2n) is 7.74. The molecule has 0 spiro atoms. The third kappa shape index (κ3) is 5.14. The fourth-order valence-electron chi connectivity index (χ4n) is 4.00. The summed E-state index contributed by atoms with van der Waals surface area (Å²) in [6.07, 6.45) is 11.3. The van der Waals surface area contributed by atoms with Gasteiger partial charge in [0.25, 0.3) is 0 Å². The van der Waals surface area contributed by atoms with Crippen LogP contribution < -0.4 is 0 Å². The minimum absolute atomic E-state index is 0.0184. The first-order valence-corrected chi connectivity index (χ1v) is 9.81. The van der Waals surface area contributed by atoms with Crippen LogP contribution in [0.1, 0.15) is 82.8 Å². The van der Waals surface area contributed by atoms with E-state index in [1.807, 2.05) is 19.1 Å². The van der Waals surface area contributed by atoms with E-state index in [0.29, 0.717) is 5.56 Å². The Bertz CT molecular complexity index is 604. The quantitative estimate of drug-likeness (QED) is 0.411. The van der Waals surface area contributed by atoms with Crippen molar-refractivity contribution in [1.29, 1.82) is 0 Å². The molecule has 1 aliphatic carbocycles. The maximum atomic E-state index is 10.6. The van der Waals surface area contributed by atoms with Crippen LogP contribution in [0.25, 0.3) is 0 Å². The molecule has 1 aliphatic rings. The van der Waals surface area contributed by atoms with E-state index in [1.54, 1.807) is 0 Å². The predicted molar refractivity (Wildman–Crippen MR) is 106 cm³/mol. The molecule has 2 rings (SSSR count). The van der Waals surface area contributed by atoms with Gasteiger partial charge in [-0.3, -0.25) is 0 Å². The average Bonchev–Trinajstić information content (AvgIpc) is 2.54. The van der Waals surface area contributed by atoms with E-state index < -0.39 is 0 Å². The Morgan fingerprint density at radius 2 is 1.76 bits per heavy atom. The Kier molecular flexibility index (Phi) is 7.16. The van der Waals surface area contributed by atoms with Crippen molar-refractivity contribution < 1.29 is 10.2 Å². The third-order valence-corrected chi connectivity index (χ3v) is 5.48. The van der Waals surface area contributed by atoms with Gasteiger partial charge in [0.05, 0.1) is 0 Å². The lowest BCUT2D eigenvalue weighted by molar-refractivity contribution is 0.406. The van der Waals surface area contributed by atoms with Gasteiger partial charge in [-0.1, -0.05) is 56.4 Å². The molecule has 0 unspecified atom stereocenters. The van der Waals surface area contributed by atoms with Crippen LogP contribution in [0.3, 0.4) is 0 Å². The molecule has 0 amide bonds. The minimum atomic E-state index is 0.0184. The summed E-state index contributed by atoms with van der Waals surface area (Å²) in [5.74, 6) is 0.752. The topological polar surface area (TPSA) is 40.5 Å². The van der Waals surface area contributed by atoms with Crippen molar-refractivity contribution in [3.63, 3.8) is 0 Å². The number of benzene rings is 1. The lowest BCUT2D eigenvalue weighted by Crippen LogP contribution is -2.17. The van der Waals surface area contributed by atoms with Gasteiger partial charge in [0.15, 0.2) is 0 Å². The normalized spacial score (nSPS) is 20.4. The van der Waals surface area contributed by atoms with Crippen molar-refractivity contribution in [1.82, 2.24) is 0 Å². The van der Waals surface area contributed by atoms with Gasteiger partial charge < -0.3 is 10.2 Å². The third-order valence-electron chi connectivity index (χ3n) is 5.48. The Hall–Kier alpha value is -1.70. The number of hydrogen-bond donors (Lipinski definition) is 2. The van der Waals surface area contributed by atoms with Crippen LogP contribution in [0, 0.1) is 5.92 Å². The first-order valence-electron chi connectivity index (χ1n) is 9.81. The molecule has 25 heavy (non-hydrogen) atoms.